The third-order valence-electron chi connectivity index (χ3n) is 0.214. The van der Waals surface area contributed by atoms with Crippen LogP contribution in [0.5, 0.6) is 0 Å². The van der Waals surface area contributed by atoms with Gasteiger partial charge in [-0.2, -0.15) is 9.69 Å². The molecule has 2 amide bonds. The number of nitrogens with two attached hydrogens (primary N) is 1. The van der Waals surface area contributed by atoms with E-state index in [4.69, 9.17) is 4.55 Å². The van der Waals surface area contributed by atoms with Crippen molar-refractivity contribution < 1.29 is 17.8 Å². The van der Waals surface area contributed by atoms with E-state index in [1.165, 1.54) is 5.48 Å². The summed E-state index contributed by atoms with van der Waals surface area (Å²) in [5.41, 5.74) is 5.85. The van der Waals surface area contributed by atoms with Crippen LogP contribution in [0.1, 0.15) is 0 Å². The van der Waals surface area contributed by atoms with E-state index < -0.39 is 17.4 Å². The lowest BCUT2D eigenvalue weighted by Crippen LogP contribution is -2.29. The molecule has 1 atom stereocenters. The lowest BCUT2D eigenvalue weighted by atomic mass is 11.2. The van der Waals surface area contributed by atoms with E-state index >= 15 is 0 Å². The molecule has 0 rings (SSSR count). The van der Waals surface area contributed by atoms with Gasteiger partial charge in [0, 0.05) is 0 Å². The molecule has 0 aromatic carbocycles. The first-order valence-corrected chi connectivity index (χ1v) is 2.49. The van der Waals surface area contributed by atoms with Crippen molar-refractivity contribution in [3.8, 4) is 0 Å². The van der Waals surface area contributed by atoms with Crippen LogP contribution in [0.3, 0.4) is 0 Å². The molecule has 8 heteroatoms. The summed E-state index contributed by atoms with van der Waals surface area (Å²) in [5.74, 6) is 0. The molecule has 7 nitrogen and oxygen atoms in total. The summed E-state index contributed by atoms with van der Waals surface area (Å²) in [7, 11) is 0. The molecular weight excluding hydrogens is 150 g/mol. The number of primary amides is 1. The van der Waals surface area contributed by atoms with Crippen LogP contribution in [0.4, 0.5) is 4.79 Å². The quantitative estimate of drug-likeness (QED) is 0.297. The van der Waals surface area contributed by atoms with Crippen LogP contribution in [0, 0.1) is 0 Å². The van der Waals surface area contributed by atoms with Gasteiger partial charge in [-0.25, -0.2) is 4.79 Å². The van der Waals surface area contributed by atoms with Gasteiger partial charge in [0.2, 0.25) is 0 Å². The Balaban J connectivity index is 0. The SMILES string of the molecule is N.NC(=O)NOS(=O)O. The van der Waals surface area contributed by atoms with Crippen LogP contribution in [0.25, 0.3) is 0 Å². The molecular formula is CH7N3O4S. The summed E-state index contributed by atoms with van der Waals surface area (Å²) < 4.78 is 20.9. The summed E-state index contributed by atoms with van der Waals surface area (Å²) >= 11 is -2.50. The predicted molar refractivity (Wildman–Crippen MR) is 29.6 cm³/mol. The monoisotopic (exact) mass is 157 g/mol. The molecule has 9 heavy (non-hydrogen) atoms. The number of hydrogen-bond donors (Lipinski definition) is 4. The van der Waals surface area contributed by atoms with Gasteiger partial charge in [-0.05, 0) is 0 Å². The Kier molecular flexibility index (Phi) is 6.73. The van der Waals surface area contributed by atoms with Crippen LogP contribution >= 0.6 is 0 Å². The number of urea groups is 1. The molecule has 0 saturated heterocycles. The zero-order valence-electron chi connectivity index (χ0n) is 4.36. The number of rotatable bonds is 2. The van der Waals surface area contributed by atoms with Gasteiger partial charge < -0.3 is 11.9 Å². The van der Waals surface area contributed by atoms with Crippen LogP contribution in [0.15, 0.2) is 0 Å². The summed E-state index contributed by atoms with van der Waals surface area (Å²) in [6.07, 6.45) is 0. The zero-order chi connectivity index (χ0) is 6.57. The molecule has 0 spiro atoms. The van der Waals surface area contributed by atoms with Crippen molar-refractivity contribution in [1.29, 1.82) is 0 Å². The van der Waals surface area contributed by atoms with Crippen molar-refractivity contribution in [1.82, 2.24) is 11.6 Å². The number of carbonyl (C=O) groups excluding carboxylic acids is 1. The normalized spacial score (nSPS) is 11.2. The minimum atomic E-state index is -2.50. The summed E-state index contributed by atoms with van der Waals surface area (Å²) in [4.78, 5) is 9.64. The minimum absolute atomic E-state index is 0. The number of nitrogens with one attached hydrogen (secondary N) is 1. The van der Waals surface area contributed by atoms with Gasteiger partial charge >= 0.3 is 17.4 Å². The van der Waals surface area contributed by atoms with Gasteiger partial charge in [-0.1, -0.05) is 0 Å². The molecule has 0 radical (unpaired) electrons. The van der Waals surface area contributed by atoms with E-state index in [0.717, 1.165) is 0 Å². The molecule has 0 aromatic heterocycles. The summed E-state index contributed by atoms with van der Waals surface area (Å²) in [5, 5.41) is 0. The molecule has 0 aliphatic carbocycles. The average molecular weight is 157 g/mol. The first-order valence-electron chi connectivity index (χ1n) is 1.46. The third kappa shape index (κ3) is 11.1. The second-order valence-corrected chi connectivity index (χ2v) is 1.37. The second kappa shape index (κ2) is 5.44. The maximum atomic E-state index is 9.64. The van der Waals surface area contributed by atoms with E-state index in [0.29, 0.717) is 0 Å². The fourth-order valence-corrected chi connectivity index (χ4v) is 0.230. The maximum absolute atomic E-state index is 9.64. The number of carbonyl (C=O) groups is 1. The molecule has 0 saturated carbocycles. The van der Waals surface area contributed by atoms with Crippen LogP contribution < -0.4 is 17.4 Å². The Morgan fingerprint density at radius 2 is 2.22 bits per heavy atom. The van der Waals surface area contributed by atoms with E-state index in [1.54, 1.807) is 0 Å². The van der Waals surface area contributed by atoms with E-state index in [-0.39, 0.29) is 6.15 Å². The van der Waals surface area contributed by atoms with Crippen LogP contribution in [0.2, 0.25) is 0 Å². The summed E-state index contributed by atoms with van der Waals surface area (Å²) in [6.45, 7) is 0. The molecule has 0 fully saturated rings. The first kappa shape index (κ1) is 11.1. The standard InChI is InChI=1S/CH4N2O4S.H3N/c2-1(4)3-7-8(5)6;/h(H,5,6)(H3,2,3,4);1H3. The van der Waals surface area contributed by atoms with Gasteiger partial charge in [0.25, 0.3) is 0 Å². The Morgan fingerprint density at radius 3 is 2.33 bits per heavy atom. The highest BCUT2D eigenvalue weighted by Crippen LogP contribution is 1.68. The number of amides is 2. The molecule has 56 valence electrons. The highest BCUT2D eigenvalue weighted by Gasteiger charge is 1.93. The maximum Gasteiger partial charge on any atom is 0.337 e. The Morgan fingerprint density at radius 1 is 1.78 bits per heavy atom. The molecule has 1 unspecified atom stereocenters. The second-order valence-electron chi connectivity index (χ2n) is 0.767. The minimum Gasteiger partial charge on any atom is -0.350 e. The predicted octanol–water partition coefficient (Wildman–Crippen LogP) is -1.12. The van der Waals surface area contributed by atoms with Crippen LogP contribution in [-0.2, 0) is 15.6 Å². The fraction of sp³-hybridized carbons (Fsp3) is 0. The van der Waals surface area contributed by atoms with Crippen molar-refractivity contribution in [2.45, 2.75) is 0 Å². The highest BCUT2D eigenvalue weighted by molar-refractivity contribution is 7.74. The largest absolute Gasteiger partial charge is 0.350 e. The van der Waals surface area contributed by atoms with Gasteiger partial charge in [-0.3, -0.25) is 4.55 Å². The van der Waals surface area contributed by atoms with Gasteiger partial charge in [0.05, 0.1) is 0 Å². The van der Waals surface area contributed by atoms with Crippen molar-refractivity contribution >= 4 is 17.4 Å². The van der Waals surface area contributed by atoms with E-state index in [1.807, 2.05) is 0 Å². The van der Waals surface area contributed by atoms with E-state index in [2.05, 4.69) is 10.0 Å². The molecule has 0 aromatic rings. The average Bonchev–Trinajstić information content (AvgIpc) is 1.61. The molecule has 0 bridgehead atoms. The van der Waals surface area contributed by atoms with Crippen molar-refractivity contribution in [2.75, 3.05) is 0 Å². The summed E-state index contributed by atoms with van der Waals surface area (Å²) in [6, 6.07) is -1.02. The molecule has 0 aliphatic rings. The highest BCUT2D eigenvalue weighted by atomic mass is 32.2. The van der Waals surface area contributed by atoms with Crippen molar-refractivity contribution in [3.63, 3.8) is 0 Å². The van der Waals surface area contributed by atoms with E-state index in [9.17, 15) is 9.00 Å². The molecule has 7 N–H and O–H groups in total. The third-order valence-corrected chi connectivity index (χ3v) is 0.439. The van der Waals surface area contributed by atoms with Gasteiger partial charge in [-0.15, -0.1) is 4.28 Å². The van der Waals surface area contributed by atoms with Crippen molar-refractivity contribution in [3.05, 3.63) is 0 Å². The van der Waals surface area contributed by atoms with Gasteiger partial charge in [0.15, 0.2) is 0 Å². The lowest BCUT2D eigenvalue weighted by molar-refractivity contribution is 0.186. The number of hydrogen-bond acceptors (Lipinski definition) is 4. The number of hydroxylamine groups is 1. The zero-order valence-corrected chi connectivity index (χ0v) is 5.18. The molecule has 0 heterocycles. The van der Waals surface area contributed by atoms with Gasteiger partial charge in [0.1, 0.15) is 0 Å². The Hall–Kier alpha value is -0.700. The molecule has 0 aliphatic heterocycles. The Labute approximate surface area is 53.6 Å². The smallest absolute Gasteiger partial charge is 0.337 e. The van der Waals surface area contributed by atoms with Crippen molar-refractivity contribution in [2.24, 2.45) is 5.73 Å². The first-order chi connectivity index (χ1) is 3.63. The van der Waals surface area contributed by atoms with Crippen LogP contribution in [-0.4, -0.2) is 14.8 Å². The lowest BCUT2D eigenvalue weighted by Gasteiger charge is -1.92. The Bertz CT molecular complexity index is 100. The fourth-order valence-electron chi connectivity index (χ4n) is 0.0767. The topological polar surface area (TPSA) is 137 Å².